The number of benzene rings is 2. The number of nitrogens with zero attached hydrogens (tertiary/aromatic N) is 2. The Kier molecular flexibility index (Phi) is 9.05. The number of rotatable bonds is 11. The Balaban J connectivity index is 2.14. The molecule has 0 radical (unpaired) electrons. The molecule has 2 rings (SSSR count). The normalized spacial score (nSPS) is 12.1. The van der Waals surface area contributed by atoms with Crippen LogP contribution in [0.25, 0.3) is 0 Å². The predicted octanol–water partition coefficient (Wildman–Crippen LogP) is 2.79. The molecule has 0 aliphatic heterocycles. The van der Waals surface area contributed by atoms with Crippen LogP contribution in [0, 0.1) is 0 Å². The van der Waals surface area contributed by atoms with Gasteiger partial charge in [-0.05, 0) is 30.5 Å². The van der Waals surface area contributed by atoms with E-state index in [2.05, 4.69) is 5.32 Å². The quantitative estimate of drug-likeness (QED) is 0.576. The molecule has 1 N–H and O–H groups in total. The number of likely N-dealkylation sites (N-methyl/N-ethyl adjacent to an activating group) is 1. The summed E-state index contributed by atoms with van der Waals surface area (Å²) in [6.07, 6.45) is 2.12. The molecule has 0 saturated carbocycles. The second-order valence-electron chi connectivity index (χ2n) is 7.32. The van der Waals surface area contributed by atoms with Gasteiger partial charge in [0.2, 0.25) is 21.8 Å². The Morgan fingerprint density at radius 2 is 1.58 bits per heavy atom. The van der Waals surface area contributed by atoms with Crippen LogP contribution in [0.15, 0.2) is 60.7 Å². The van der Waals surface area contributed by atoms with E-state index >= 15 is 0 Å². The molecule has 0 unspecified atom stereocenters. The van der Waals surface area contributed by atoms with E-state index in [9.17, 15) is 18.0 Å². The van der Waals surface area contributed by atoms with Crippen LogP contribution in [0.4, 0.5) is 5.69 Å². The van der Waals surface area contributed by atoms with Gasteiger partial charge >= 0.3 is 0 Å². The van der Waals surface area contributed by atoms with Crippen LogP contribution in [-0.4, -0.2) is 51.0 Å². The van der Waals surface area contributed by atoms with Crippen molar-refractivity contribution in [3.63, 3.8) is 0 Å². The third-order valence-electron chi connectivity index (χ3n) is 5.02. The number of hydrogen-bond acceptors (Lipinski definition) is 4. The summed E-state index contributed by atoms with van der Waals surface area (Å²) in [4.78, 5) is 27.1. The first-order chi connectivity index (χ1) is 14.8. The van der Waals surface area contributed by atoms with Gasteiger partial charge in [0.1, 0.15) is 6.04 Å². The van der Waals surface area contributed by atoms with E-state index in [1.54, 1.807) is 36.2 Å². The van der Waals surface area contributed by atoms with Crippen LogP contribution in [0.5, 0.6) is 0 Å². The predicted molar refractivity (Wildman–Crippen MR) is 123 cm³/mol. The first-order valence-electron chi connectivity index (χ1n) is 10.4. The highest BCUT2D eigenvalue weighted by atomic mass is 32.2. The summed E-state index contributed by atoms with van der Waals surface area (Å²) in [5.74, 6) is -0.394. The largest absolute Gasteiger partial charge is 0.357 e. The number of carbonyl (C=O) groups excluding carboxylic acids is 2. The molecular formula is C23H31N3O4S. The average Bonchev–Trinajstić information content (AvgIpc) is 2.76. The van der Waals surface area contributed by atoms with Gasteiger partial charge in [-0.15, -0.1) is 0 Å². The van der Waals surface area contributed by atoms with Gasteiger partial charge in [-0.25, -0.2) is 8.42 Å². The molecule has 0 heterocycles. The van der Waals surface area contributed by atoms with Crippen LogP contribution in [0.2, 0.25) is 0 Å². The highest BCUT2D eigenvalue weighted by Gasteiger charge is 2.28. The second kappa shape index (κ2) is 11.5. The van der Waals surface area contributed by atoms with E-state index in [0.717, 1.165) is 11.8 Å². The molecular weight excluding hydrogens is 414 g/mol. The maximum Gasteiger partial charge on any atom is 0.242 e. The zero-order chi connectivity index (χ0) is 22.9. The van der Waals surface area contributed by atoms with Crippen LogP contribution in [0.1, 0.15) is 31.7 Å². The second-order valence-corrected chi connectivity index (χ2v) is 9.23. The maximum absolute atomic E-state index is 13.1. The summed E-state index contributed by atoms with van der Waals surface area (Å²) in [5.41, 5.74) is 1.50. The molecule has 2 aromatic carbocycles. The van der Waals surface area contributed by atoms with Crippen LogP contribution in [0.3, 0.4) is 0 Å². The molecule has 8 heteroatoms. The molecule has 1 atom stereocenters. The highest BCUT2D eigenvalue weighted by molar-refractivity contribution is 7.92. The van der Waals surface area contributed by atoms with Crippen molar-refractivity contribution >= 4 is 27.5 Å². The molecule has 2 aromatic rings. The monoisotopic (exact) mass is 445 g/mol. The Morgan fingerprint density at radius 1 is 1.00 bits per heavy atom. The molecule has 0 bridgehead atoms. The number of para-hydroxylation sites is 1. The zero-order valence-electron chi connectivity index (χ0n) is 18.3. The van der Waals surface area contributed by atoms with E-state index in [4.69, 9.17) is 0 Å². The number of nitrogens with one attached hydrogen (secondary N) is 1. The molecule has 31 heavy (non-hydrogen) atoms. The number of anilines is 1. The standard InChI is InChI=1S/C23H31N3O4S/c1-4-21(23(28)24-2)25(18-19-12-7-5-8-13-19)22(27)16-11-17-26(31(3,29)30)20-14-9-6-10-15-20/h5-10,12-15,21H,4,11,16-18H2,1-3H3,(H,24,28)/t21-/m0/s1. The van der Waals surface area contributed by atoms with Gasteiger partial charge in [0, 0.05) is 26.6 Å². The van der Waals surface area contributed by atoms with Gasteiger partial charge in [0.25, 0.3) is 0 Å². The van der Waals surface area contributed by atoms with E-state index < -0.39 is 16.1 Å². The summed E-state index contributed by atoms with van der Waals surface area (Å²) in [6, 6.07) is 17.7. The van der Waals surface area contributed by atoms with E-state index in [-0.39, 0.29) is 24.8 Å². The minimum atomic E-state index is -3.48. The number of amides is 2. The number of hydrogen-bond donors (Lipinski definition) is 1. The third-order valence-corrected chi connectivity index (χ3v) is 6.22. The lowest BCUT2D eigenvalue weighted by molar-refractivity contribution is -0.141. The van der Waals surface area contributed by atoms with Crippen molar-refractivity contribution in [3.8, 4) is 0 Å². The van der Waals surface area contributed by atoms with Crippen molar-refractivity contribution < 1.29 is 18.0 Å². The summed E-state index contributed by atoms with van der Waals surface area (Å²) in [6.45, 7) is 2.37. The average molecular weight is 446 g/mol. The molecule has 0 aromatic heterocycles. The van der Waals surface area contributed by atoms with Crippen molar-refractivity contribution in [2.45, 2.75) is 38.8 Å². The maximum atomic E-state index is 13.1. The molecule has 0 fully saturated rings. The van der Waals surface area contributed by atoms with Crippen molar-refractivity contribution in [2.24, 2.45) is 0 Å². The SMILES string of the molecule is CC[C@@H](C(=O)NC)N(Cc1ccccc1)C(=O)CCCN(c1ccccc1)S(C)(=O)=O. The van der Waals surface area contributed by atoms with Gasteiger partial charge in [-0.1, -0.05) is 55.5 Å². The summed E-state index contributed by atoms with van der Waals surface area (Å²) < 4.78 is 25.8. The molecule has 2 amide bonds. The van der Waals surface area contributed by atoms with E-state index in [0.29, 0.717) is 25.1 Å². The van der Waals surface area contributed by atoms with Crippen molar-refractivity contribution in [3.05, 3.63) is 66.2 Å². The molecule has 7 nitrogen and oxygen atoms in total. The molecule has 0 aliphatic rings. The van der Waals surface area contributed by atoms with Crippen molar-refractivity contribution in [1.29, 1.82) is 0 Å². The minimum Gasteiger partial charge on any atom is -0.357 e. The van der Waals surface area contributed by atoms with E-state index in [1.165, 1.54) is 4.31 Å². The van der Waals surface area contributed by atoms with Gasteiger partial charge < -0.3 is 10.2 Å². The van der Waals surface area contributed by atoms with Gasteiger partial charge in [-0.3, -0.25) is 13.9 Å². The number of carbonyl (C=O) groups is 2. The third kappa shape index (κ3) is 7.10. The van der Waals surface area contributed by atoms with Crippen LogP contribution < -0.4 is 9.62 Å². The fraction of sp³-hybridized carbons (Fsp3) is 0.391. The van der Waals surface area contributed by atoms with Crippen molar-refractivity contribution in [2.75, 3.05) is 24.2 Å². The summed E-state index contributed by atoms with van der Waals surface area (Å²) in [5, 5.41) is 2.63. The fourth-order valence-electron chi connectivity index (χ4n) is 3.46. The minimum absolute atomic E-state index is 0.138. The lowest BCUT2D eigenvalue weighted by Gasteiger charge is -2.30. The van der Waals surface area contributed by atoms with Gasteiger partial charge in [0.05, 0.1) is 11.9 Å². The molecule has 168 valence electrons. The van der Waals surface area contributed by atoms with Crippen molar-refractivity contribution in [1.82, 2.24) is 10.2 Å². The van der Waals surface area contributed by atoms with Gasteiger partial charge in [0.15, 0.2) is 0 Å². The summed E-state index contributed by atoms with van der Waals surface area (Å²) >= 11 is 0. The lowest BCUT2D eigenvalue weighted by atomic mass is 10.1. The lowest BCUT2D eigenvalue weighted by Crippen LogP contribution is -2.48. The Morgan fingerprint density at radius 3 is 2.10 bits per heavy atom. The van der Waals surface area contributed by atoms with Gasteiger partial charge in [-0.2, -0.15) is 0 Å². The smallest absolute Gasteiger partial charge is 0.242 e. The Labute approximate surface area is 185 Å². The first kappa shape index (κ1) is 24.4. The Bertz CT molecular complexity index is 949. The molecule has 0 aliphatic carbocycles. The number of sulfonamides is 1. The zero-order valence-corrected chi connectivity index (χ0v) is 19.1. The Hall–Kier alpha value is -2.87. The molecule has 0 spiro atoms. The van der Waals surface area contributed by atoms with Crippen LogP contribution >= 0.6 is 0 Å². The van der Waals surface area contributed by atoms with Crippen LogP contribution in [-0.2, 0) is 26.2 Å². The fourth-order valence-corrected chi connectivity index (χ4v) is 4.43. The van der Waals surface area contributed by atoms with E-state index in [1.807, 2.05) is 43.3 Å². The topological polar surface area (TPSA) is 86.8 Å². The highest BCUT2D eigenvalue weighted by Crippen LogP contribution is 2.19. The molecule has 0 saturated heterocycles. The first-order valence-corrected chi connectivity index (χ1v) is 12.2. The summed E-state index contributed by atoms with van der Waals surface area (Å²) in [7, 11) is -1.92.